The van der Waals surface area contributed by atoms with Crippen molar-refractivity contribution in [1.29, 1.82) is 0 Å². The molecule has 7 nitrogen and oxygen atoms in total. The van der Waals surface area contributed by atoms with E-state index in [-0.39, 0.29) is 22.6 Å². The molecule has 0 saturated heterocycles. The standard InChI is InChI=1S/C20H15F3N4O3/c1-10-8-15(20(21,22)23)25-17-16(10)18-24-13(11-4-6-12(29-2)7-5-11)9-14(19(28)30-3)27(18)26-17/h4-9H,1-3H3. The normalized spacial score (nSPS) is 11.8. The molecule has 0 amide bonds. The number of alkyl halides is 3. The number of nitrogens with zero attached hydrogens (tertiary/aromatic N) is 4. The summed E-state index contributed by atoms with van der Waals surface area (Å²) in [5.74, 6) is -0.0683. The molecule has 0 aliphatic heterocycles. The Bertz CT molecular complexity index is 1280. The summed E-state index contributed by atoms with van der Waals surface area (Å²) in [5, 5.41) is 4.43. The number of halogens is 3. The number of methoxy groups -OCH3 is 2. The molecule has 30 heavy (non-hydrogen) atoms. The maximum atomic E-state index is 13.2. The Morgan fingerprint density at radius 1 is 1.07 bits per heavy atom. The van der Waals surface area contributed by atoms with Crippen LogP contribution < -0.4 is 4.74 Å². The zero-order chi connectivity index (χ0) is 21.6. The van der Waals surface area contributed by atoms with E-state index in [0.717, 1.165) is 10.6 Å². The summed E-state index contributed by atoms with van der Waals surface area (Å²) < 4.78 is 50.6. The van der Waals surface area contributed by atoms with Gasteiger partial charge in [-0.1, -0.05) is 0 Å². The zero-order valence-electron chi connectivity index (χ0n) is 16.1. The molecular formula is C20H15F3N4O3. The number of carbonyl (C=O) groups excluding carboxylic acids is 1. The number of pyridine rings is 1. The lowest BCUT2D eigenvalue weighted by Gasteiger charge is -2.08. The number of benzene rings is 1. The summed E-state index contributed by atoms with van der Waals surface area (Å²) in [6, 6.07) is 9.37. The van der Waals surface area contributed by atoms with E-state index in [1.165, 1.54) is 27.2 Å². The van der Waals surface area contributed by atoms with Crippen LogP contribution in [-0.2, 0) is 10.9 Å². The van der Waals surface area contributed by atoms with Crippen molar-refractivity contribution in [3.63, 3.8) is 0 Å². The number of esters is 1. The van der Waals surface area contributed by atoms with Gasteiger partial charge in [-0.05, 0) is 48.9 Å². The first-order valence-electron chi connectivity index (χ1n) is 8.74. The Kier molecular flexibility index (Phi) is 4.56. The van der Waals surface area contributed by atoms with Crippen LogP contribution in [0.1, 0.15) is 21.7 Å². The van der Waals surface area contributed by atoms with Crippen molar-refractivity contribution in [2.45, 2.75) is 13.1 Å². The van der Waals surface area contributed by atoms with E-state index in [1.807, 2.05) is 0 Å². The maximum Gasteiger partial charge on any atom is 0.433 e. The van der Waals surface area contributed by atoms with Crippen LogP contribution in [0.15, 0.2) is 36.4 Å². The van der Waals surface area contributed by atoms with Gasteiger partial charge in [-0.25, -0.2) is 19.3 Å². The van der Waals surface area contributed by atoms with Gasteiger partial charge in [0.05, 0.1) is 25.3 Å². The van der Waals surface area contributed by atoms with E-state index in [2.05, 4.69) is 15.1 Å². The minimum absolute atomic E-state index is 0.0132. The quantitative estimate of drug-likeness (QED) is 0.469. The van der Waals surface area contributed by atoms with E-state index < -0.39 is 17.8 Å². The molecule has 154 valence electrons. The molecule has 0 spiro atoms. The zero-order valence-corrected chi connectivity index (χ0v) is 16.1. The van der Waals surface area contributed by atoms with Crippen molar-refractivity contribution in [3.8, 4) is 17.0 Å². The predicted molar refractivity (Wildman–Crippen MR) is 101 cm³/mol. The number of hydrogen-bond acceptors (Lipinski definition) is 6. The van der Waals surface area contributed by atoms with Gasteiger partial charge < -0.3 is 9.47 Å². The second-order valence-electron chi connectivity index (χ2n) is 6.50. The molecule has 0 radical (unpaired) electrons. The highest BCUT2D eigenvalue weighted by atomic mass is 19.4. The Balaban J connectivity index is 2.04. The molecule has 3 heterocycles. The van der Waals surface area contributed by atoms with Crippen molar-refractivity contribution in [1.82, 2.24) is 19.6 Å². The van der Waals surface area contributed by atoms with Crippen LogP contribution in [0.3, 0.4) is 0 Å². The minimum Gasteiger partial charge on any atom is -0.497 e. The van der Waals surface area contributed by atoms with E-state index in [0.29, 0.717) is 22.4 Å². The van der Waals surface area contributed by atoms with Crippen molar-refractivity contribution in [2.24, 2.45) is 0 Å². The van der Waals surface area contributed by atoms with Crippen molar-refractivity contribution in [2.75, 3.05) is 14.2 Å². The van der Waals surface area contributed by atoms with Crippen molar-refractivity contribution in [3.05, 3.63) is 53.3 Å². The summed E-state index contributed by atoms with van der Waals surface area (Å²) in [5.41, 5.74) is 0.383. The van der Waals surface area contributed by atoms with E-state index in [4.69, 9.17) is 9.47 Å². The highest BCUT2D eigenvalue weighted by Crippen LogP contribution is 2.32. The molecule has 0 atom stereocenters. The van der Waals surface area contributed by atoms with Crippen LogP contribution in [0.2, 0.25) is 0 Å². The van der Waals surface area contributed by atoms with Crippen molar-refractivity contribution < 1.29 is 27.4 Å². The first kappa shape index (κ1) is 19.6. The lowest BCUT2D eigenvalue weighted by atomic mass is 10.1. The summed E-state index contributed by atoms with van der Waals surface area (Å²) in [4.78, 5) is 20.5. The molecule has 1 aromatic carbocycles. The number of carbonyl (C=O) groups is 1. The number of rotatable bonds is 3. The topological polar surface area (TPSA) is 78.6 Å². The van der Waals surface area contributed by atoms with E-state index in [1.54, 1.807) is 24.3 Å². The van der Waals surface area contributed by atoms with Crippen LogP contribution in [0.25, 0.3) is 27.9 Å². The average molecular weight is 416 g/mol. The van der Waals surface area contributed by atoms with Crippen LogP contribution in [0.4, 0.5) is 13.2 Å². The second-order valence-corrected chi connectivity index (χ2v) is 6.50. The van der Waals surface area contributed by atoms with Gasteiger partial charge in [0.1, 0.15) is 11.4 Å². The Morgan fingerprint density at radius 3 is 2.37 bits per heavy atom. The van der Waals surface area contributed by atoms with Crippen LogP contribution in [-0.4, -0.2) is 39.8 Å². The molecule has 0 N–H and O–H groups in total. The fourth-order valence-corrected chi connectivity index (χ4v) is 3.17. The Labute approximate surface area is 168 Å². The number of aromatic nitrogens is 4. The lowest BCUT2D eigenvalue weighted by Crippen LogP contribution is -2.10. The van der Waals surface area contributed by atoms with Gasteiger partial charge in [-0.3, -0.25) is 0 Å². The lowest BCUT2D eigenvalue weighted by molar-refractivity contribution is -0.141. The monoisotopic (exact) mass is 416 g/mol. The molecule has 0 aliphatic carbocycles. The third kappa shape index (κ3) is 3.19. The number of hydrogen-bond donors (Lipinski definition) is 0. The summed E-state index contributed by atoms with van der Waals surface area (Å²) in [6.45, 7) is 1.51. The SMILES string of the molecule is COC(=O)c1cc(-c2ccc(OC)cc2)nc2c3c(C)cc(C(F)(F)F)nc3nn12. The molecule has 0 fully saturated rings. The molecule has 0 aliphatic rings. The van der Waals surface area contributed by atoms with Crippen LogP contribution >= 0.6 is 0 Å². The fourth-order valence-electron chi connectivity index (χ4n) is 3.17. The third-order valence-electron chi connectivity index (χ3n) is 4.62. The van der Waals surface area contributed by atoms with E-state index >= 15 is 0 Å². The van der Waals surface area contributed by atoms with Gasteiger partial charge in [0.25, 0.3) is 0 Å². The number of aryl methyl sites for hydroxylation is 1. The first-order valence-corrected chi connectivity index (χ1v) is 8.74. The highest BCUT2D eigenvalue weighted by molar-refractivity contribution is 5.97. The van der Waals surface area contributed by atoms with E-state index in [9.17, 15) is 18.0 Å². The summed E-state index contributed by atoms with van der Waals surface area (Å²) in [7, 11) is 2.74. The smallest absolute Gasteiger partial charge is 0.433 e. The number of ether oxygens (including phenoxy) is 2. The van der Waals surface area contributed by atoms with Gasteiger partial charge in [0.2, 0.25) is 0 Å². The highest BCUT2D eigenvalue weighted by Gasteiger charge is 2.34. The Morgan fingerprint density at radius 2 is 1.77 bits per heavy atom. The summed E-state index contributed by atoms with van der Waals surface area (Å²) in [6.07, 6.45) is -4.62. The van der Waals surface area contributed by atoms with Crippen molar-refractivity contribution >= 4 is 22.6 Å². The number of fused-ring (bicyclic) bond motifs is 3. The van der Waals surface area contributed by atoms with Gasteiger partial charge in [0, 0.05) is 5.56 Å². The average Bonchev–Trinajstić information content (AvgIpc) is 3.11. The van der Waals surface area contributed by atoms with Gasteiger partial charge in [0.15, 0.2) is 17.0 Å². The van der Waals surface area contributed by atoms with Crippen LogP contribution in [0.5, 0.6) is 5.75 Å². The molecule has 0 bridgehead atoms. The minimum atomic E-state index is -4.62. The summed E-state index contributed by atoms with van der Waals surface area (Å²) >= 11 is 0. The fraction of sp³-hybridized carbons (Fsp3) is 0.200. The first-order chi connectivity index (χ1) is 14.2. The molecule has 4 aromatic rings. The van der Waals surface area contributed by atoms with Gasteiger partial charge in [-0.2, -0.15) is 13.2 Å². The second kappa shape index (κ2) is 6.97. The van der Waals surface area contributed by atoms with Gasteiger partial charge >= 0.3 is 12.1 Å². The molecule has 10 heteroatoms. The molecule has 0 saturated carbocycles. The molecule has 4 rings (SSSR count). The molecule has 3 aromatic heterocycles. The molecular weight excluding hydrogens is 401 g/mol. The van der Waals surface area contributed by atoms with Gasteiger partial charge in [-0.15, -0.1) is 5.10 Å². The Hall–Kier alpha value is -3.69. The predicted octanol–water partition coefficient (Wildman–Crippen LogP) is 4.07. The molecule has 0 unspecified atom stereocenters. The third-order valence-corrected chi connectivity index (χ3v) is 4.62. The van der Waals surface area contributed by atoms with Crippen LogP contribution in [0, 0.1) is 6.92 Å². The largest absolute Gasteiger partial charge is 0.497 e. The maximum absolute atomic E-state index is 13.2.